The van der Waals surface area contributed by atoms with Crippen molar-refractivity contribution in [3.05, 3.63) is 59.7 Å². The molecule has 0 spiro atoms. The van der Waals surface area contributed by atoms with Crippen molar-refractivity contribution in [1.82, 2.24) is 5.32 Å². The fourth-order valence-corrected chi connectivity index (χ4v) is 2.46. The normalized spacial score (nSPS) is 11.8. The van der Waals surface area contributed by atoms with Crippen LogP contribution in [0.5, 0.6) is 0 Å². The number of urea groups is 1. The Kier molecular flexibility index (Phi) is 5.95. The molecule has 23 heavy (non-hydrogen) atoms. The smallest absolute Gasteiger partial charge is 0.319 e. The molecule has 2 aromatic carbocycles. The molecule has 0 saturated carbocycles. The summed E-state index contributed by atoms with van der Waals surface area (Å²) < 4.78 is 27.0. The number of halogens is 2. The number of nitrogens with one attached hydrogen (secondary N) is 2. The highest BCUT2D eigenvalue weighted by molar-refractivity contribution is 7.98. The minimum absolute atomic E-state index is 0.314. The Balaban J connectivity index is 1.93. The Morgan fingerprint density at radius 1 is 1.22 bits per heavy atom. The molecule has 0 aromatic heterocycles. The van der Waals surface area contributed by atoms with Gasteiger partial charge in [0.15, 0.2) is 0 Å². The zero-order chi connectivity index (χ0) is 16.8. The Hall–Kier alpha value is -2.12. The zero-order valence-electron chi connectivity index (χ0n) is 12.3. The molecule has 2 amide bonds. The van der Waals surface area contributed by atoms with E-state index in [0.717, 1.165) is 17.0 Å². The average molecular weight is 338 g/mol. The number of amides is 2. The van der Waals surface area contributed by atoms with Gasteiger partial charge in [-0.25, -0.2) is 13.6 Å². The van der Waals surface area contributed by atoms with Gasteiger partial charge in [0.2, 0.25) is 0 Å². The van der Waals surface area contributed by atoms with Gasteiger partial charge in [-0.15, -0.1) is 11.8 Å². The number of hydrogen-bond acceptors (Lipinski definition) is 3. The van der Waals surface area contributed by atoms with Crippen LogP contribution in [0.25, 0.3) is 0 Å². The van der Waals surface area contributed by atoms with Crippen LogP contribution >= 0.6 is 11.8 Å². The van der Waals surface area contributed by atoms with E-state index in [2.05, 4.69) is 10.6 Å². The first-order valence-corrected chi connectivity index (χ1v) is 8.04. The molecule has 0 heterocycles. The van der Waals surface area contributed by atoms with Gasteiger partial charge in [-0.2, -0.15) is 0 Å². The second kappa shape index (κ2) is 7.94. The van der Waals surface area contributed by atoms with E-state index in [1.54, 1.807) is 18.2 Å². The summed E-state index contributed by atoms with van der Waals surface area (Å²) in [4.78, 5) is 12.8. The van der Waals surface area contributed by atoms with Crippen molar-refractivity contribution >= 4 is 23.5 Å². The molecule has 0 bridgehead atoms. The highest BCUT2D eigenvalue weighted by Gasteiger charge is 2.18. The summed E-state index contributed by atoms with van der Waals surface area (Å²) in [6, 6.07) is 9.94. The van der Waals surface area contributed by atoms with E-state index >= 15 is 0 Å². The van der Waals surface area contributed by atoms with Crippen molar-refractivity contribution in [2.45, 2.75) is 11.0 Å². The largest absolute Gasteiger partial charge is 0.386 e. The van der Waals surface area contributed by atoms with Crippen LogP contribution in [0.1, 0.15) is 11.7 Å². The number of aliphatic hydroxyl groups is 1. The predicted molar refractivity (Wildman–Crippen MR) is 86.6 cm³/mol. The molecule has 1 atom stereocenters. The molecule has 3 N–H and O–H groups in total. The molecule has 2 rings (SSSR count). The van der Waals surface area contributed by atoms with Crippen LogP contribution in [0.15, 0.2) is 47.4 Å². The van der Waals surface area contributed by atoms with Gasteiger partial charge in [0.1, 0.15) is 17.7 Å². The maximum Gasteiger partial charge on any atom is 0.319 e. The third kappa shape index (κ3) is 4.67. The highest BCUT2D eigenvalue weighted by Crippen LogP contribution is 2.20. The summed E-state index contributed by atoms with van der Waals surface area (Å²) in [5, 5.41) is 14.8. The van der Waals surface area contributed by atoms with Gasteiger partial charge < -0.3 is 15.7 Å². The Morgan fingerprint density at radius 2 is 1.87 bits per heavy atom. The number of thioether (sulfide) groups is 1. The van der Waals surface area contributed by atoms with Gasteiger partial charge in [0.05, 0.1) is 5.56 Å². The number of hydrogen-bond donors (Lipinski definition) is 3. The summed E-state index contributed by atoms with van der Waals surface area (Å²) in [5.74, 6) is -1.71. The van der Waals surface area contributed by atoms with Crippen LogP contribution in [-0.4, -0.2) is 23.9 Å². The van der Waals surface area contributed by atoms with Crippen molar-refractivity contribution in [3.8, 4) is 0 Å². The maximum absolute atomic E-state index is 13.5. The summed E-state index contributed by atoms with van der Waals surface area (Å²) in [5.41, 5.74) is 0.123. The first kappa shape index (κ1) is 17.2. The van der Waals surface area contributed by atoms with Crippen molar-refractivity contribution < 1.29 is 18.7 Å². The molecule has 0 aliphatic carbocycles. The number of anilines is 1. The number of rotatable bonds is 5. The topological polar surface area (TPSA) is 61.4 Å². The lowest BCUT2D eigenvalue weighted by Crippen LogP contribution is -2.32. The van der Waals surface area contributed by atoms with Crippen molar-refractivity contribution in [3.63, 3.8) is 0 Å². The molecule has 0 aliphatic rings. The van der Waals surface area contributed by atoms with Crippen LogP contribution < -0.4 is 10.6 Å². The Labute approximate surface area is 136 Å². The molecule has 0 radical (unpaired) electrons. The predicted octanol–water partition coefficient (Wildman–Crippen LogP) is 3.54. The Bertz CT molecular complexity index is 677. The summed E-state index contributed by atoms with van der Waals surface area (Å²) in [7, 11) is 0. The number of carbonyl (C=O) groups is 1. The summed E-state index contributed by atoms with van der Waals surface area (Å²) in [6.07, 6.45) is 0.442. The molecular formula is C16H16F2N2O2S. The zero-order valence-corrected chi connectivity index (χ0v) is 13.2. The summed E-state index contributed by atoms with van der Waals surface area (Å²) in [6.45, 7) is -0.314. The third-order valence-corrected chi connectivity index (χ3v) is 3.84. The minimum Gasteiger partial charge on any atom is -0.386 e. The molecule has 0 saturated heterocycles. The third-order valence-electron chi connectivity index (χ3n) is 3.12. The standard InChI is InChI=1S/C16H16F2N2O2S/c1-23-11-5-2-4-10(8-11)20-16(22)19-9-14(21)15-12(17)6-3-7-13(15)18/h2-8,14,21H,9H2,1H3,(H2,19,20,22). The van der Waals surface area contributed by atoms with Crippen LogP contribution in [0.3, 0.4) is 0 Å². The van der Waals surface area contributed by atoms with Crippen molar-refractivity contribution in [2.24, 2.45) is 0 Å². The number of benzene rings is 2. The molecule has 0 fully saturated rings. The SMILES string of the molecule is CSc1cccc(NC(=O)NCC(O)c2c(F)cccc2F)c1. The second-order valence-corrected chi connectivity index (χ2v) is 5.60. The number of aliphatic hydroxyl groups excluding tert-OH is 1. The molecule has 4 nitrogen and oxygen atoms in total. The van der Waals surface area contributed by atoms with Gasteiger partial charge in [-0.05, 0) is 36.6 Å². The van der Waals surface area contributed by atoms with Crippen LogP contribution in [-0.2, 0) is 0 Å². The van der Waals surface area contributed by atoms with Crippen molar-refractivity contribution in [2.75, 3.05) is 18.1 Å². The van der Waals surface area contributed by atoms with E-state index in [9.17, 15) is 18.7 Å². The summed E-state index contributed by atoms with van der Waals surface area (Å²) >= 11 is 1.53. The van der Waals surface area contributed by atoms with Crippen LogP contribution in [0, 0.1) is 11.6 Å². The van der Waals surface area contributed by atoms with Crippen molar-refractivity contribution in [1.29, 1.82) is 0 Å². The molecule has 2 aromatic rings. The van der Waals surface area contributed by atoms with Gasteiger partial charge in [-0.3, -0.25) is 0 Å². The fraction of sp³-hybridized carbons (Fsp3) is 0.188. The van der Waals surface area contributed by atoms with Gasteiger partial charge >= 0.3 is 6.03 Å². The highest BCUT2D eigenvalue weighted by atomic mass is 32.2. The van der Waals surface area contributed by atoms with E-state index in [1.807, 2.05) is 12.3 Å². The van der Waals surface area contributed by atoms with Crippen LogP contribution in [0.4, 0.5) is 19.3 Å². The lowest BCUT2D eigenvalue weighted by Gasteiger charge is -2.14. The van der Waals surface area contributed by atoms with E-state index in [0.29, 0.717) is 5.69 Å². The van der Waals surface area contributed by atoms with E-state index in [4.69, 9.17) is 0 Å². The first-order valence-electron chi connectivity index (χ1n) is 6.82. The fourth-order valence-electron chi connectivity index (χ4n) is 2.00. The molecule has 7 heteroatoms. The lowest BCUT2D eigenvalue weighted by atomic mass is 10.1. The number of carbonyl (C=O) groups excluding carboxylic acids is 1. The van der Waals surface area contributed by atoms with Crippen LogP contribution in [0.2, 0.25) is 0 Å². The molecule has 122 valence electrons. The molecule has 1 unspecified atom stereocenters. The quantitative estimate of drug-likeness (QED) is 0.731. The van der Waals surface area contributed by atoms with E-state index in [-0.39, 0.29) is 6.54 Å². The first-order chi connectivity index (χ1) is 11.0. The minimum atomic E-state index is -1.47. The molecular weight excluding hydrogens is 322 g/mol. The van der Waals surface area contributed by atoms with E-state index in [1.165, 1.54) is 17.8 Å². The van der Waals surface area contributed by atoms with Gasteiger partial charge in [-0.1, -0.05) is 12.1 Å². The maximum atomic E-state index is 13.5. The molecule has 0 aliphatic heterocycles. The lowest BCUT2D eigenvalue weighted by molar-refractivity contribution is 0.166. The van der Waals surface area contributed by atoms with E-state index < -0.39 is 29.3 Å². The van der Waals surface area contributed by atoms with Gasteiger partial charge in [0.25, 0.3) is 0 Å². The monoisotopic (exact) mass is 338 g/mol. The second-order valence-electron chi connectivity index (χ2n) is 4.72. The average Bonchev–Trinajstić information content (AvgIpc) is 2.53. The Morgan fingerprint density at radius 3 is 2.52 bits per heavy atom. The van der Waals surface area contributed by atoms with Gasteiger partial charge in [0, 0.05) is 17.1 Å².